The Morgan fingerprint density at radius 3 is 2.60 bits per heavy atom. The highest BCUT2D eigenvalue weighted by molar-refractivity contribution is 9.10. The Hall–Kier alpha value is -0.940. The number of nitrogens with two attached hydrogens (primary N) is 1. The number of hydrogen-bond acceptors (Lipinski definition) is 3. The molecule has 108 valence electrons. The molecule has 1 aromatic carbocycles. The van der Waals surface area contributed by atoms with E-state index in [1.807, 2.05) is 13.0 Å². The fourth-order valence-electron chi connectivity index (χ4n) is 2.13. The Morgan fingerprint density at radius 2 is 2.00 bits per heavy atom. The van der Waals surface area contributed by atoms with Crippen molar-refractivity contribution in [2.24, 2.45) is 0 Å². The minimum atomic E-state index is -0.230. The Kier molecular flexibility index (Phi) is 4.21. The number of hydrogen-bond donors (Lipinski definition) is 1. The minimum absolute atomic E-state index is 0.0470. The van der Waals surface area contributed by atoms with Crippen LogP contribution in [-0.4, -0.2) is 4.98 Å². The Balaban J connectivity index is 2.43. The zero-order chi connectivity index (χ0) is 15.1. The predicted octanol–water partition coefficient (Wildman–Crippen LogP) is 4.82. The van der Waals surface area contributed by atoms with Gasteiger partial charge in [0.1, 0.15) is 5.82 Å². The molecule has 2 aromatic rings. The van der Waals surface area contributed by atoms with E-state index in [1.54, 1.807) is 6.07 Å². The molecular weight excluding hydrogens is 339 g/mol. The van der Waals surface area contributed by atoms with E-state index in [-0.39, 0.29) is 11.2 Å². The summed E-state index contributed by atoms with van der Waals surface area (Å²) in [4.78, 5) is 5.61. The number of aryl methyl sites for hydroxylation is 1. The molecule has 2 nitrogen and oxygen atoms in total. The van der Waals surface area contributed by atoms with Crippen LogP contribution in [0.2, 0.25) is 0 Å². The maximum Gasteiger partial charge on any atom is 0.180 e. The second kappa shape index (κ2) is 5.45. The van der Waals surface area contributed by atoms with Crippen molar-refractivity contribution in [3.05, 3.63) is 44.1 Å². The Morgan fingerprint density at radius 1 is 1.35 bits per heavy atom. The van der Waals surface area contributed by atoms with Gasteiger partial charge in [-0.05, 0) is 46.1 Å². The Labute approximate surface area is 131 Å². The molecule has 2 rings (SSSR count). The van der Waals surface area contributed by atoms with Crippen molar-refractivity contribution >= 4 is 32.4 Å². The van der Waals surface area contributed by atoms with Gasteiger partial charge in [-0.25, -0.2) is 9.37 Å². The van der Waals surface area contributed by atoms with E-state index < -0.39 is 0 Å². The SMILES string of the molecule is Cc1cc(F)c(Br)cc1Cc1sc(N)nc1C(C)(C)C. The summed E-state index contributed by atoms with van der Waals surface area (Å²) in [5, 5.41) is 0.587. The molecule has 0 saturated heterocycles. The third-order valence-electron chi connectivity index (χ3n) is 3.15. The lowest BCUT2D eigenvalue weighted by molar-refractivity contribution is 0.568. The summed E-state index contributed by atoms with van der Waals surface area (Å²) in [6.07, 6.45) is 0.728. The quantitative estimate of drug-likeness (QED) is 0.837. The highest BCUT2D eigenvalue weighted by Gasteiger charge is 2.23. The molecule has 1 heterocycles. The molecule has 0 fully saturated rings. The van der Waals surface area contributed by atoms with Crippen LogP contribution >= 0.6 is 27.3 Å². The van der Waals surface area contributed by atoms with Gasteiger partial charge in [-0.3, -0.25) is 0 Å². The van der Waals surface area contributed by atoms with Crippen molar-refractivity contribution in [2.45, 2.75) is 39.5 Å². The molecule has 1 aromatic heterocycles. The van der Waals surface area contributed by atoms with E-state index in [0.29, 0.717) is 9.60 Å². The van der Waals surface area contributed by atoms with Crippen molar-refractivity contribution < 1.29 is 4.39 Å². The average molecular weight is 357 g/mol. The molecular formula is C15H18BrFN2S. The van der Waals surface area contributed by atoms with Crippen LogP contribution in [0.1, 0.15) is 42.5 Å². The average Bonchev–Trinajstić information content (AvgIpc) is 2.67. The molecule has 2 N–H and O–H groups in total. The van der Waals surface area contributed by atoms with Crippen molar-refractivity contribution in [1.29, 1.82) is 0 Å². The predicted molar refractivity (Wildman–Crippen MR) is 86.9 cm³/mol. The van der Waals surface area contributed by atoms with Gasteiger partial charge in [0.15, 0.2) is 5.13 Å². The zero-order valence-corrected chi connectivity index (χ0v) is 14.5. The summed E-state index contributed by atoms with van der Waals surface area (Å²) in [6.45, 7) is 8.29. The lowest BCUT2D eigenvalue weighted by Gasteiger charge is -2.18. The van der Waals surface area contributed by atoms with Crippen molar-refractivity contribution in [3.63, 3.8) is 0 Å². The third kappa shape index (κ3) is 3.20. The minimum Gasteiger partial charge on any atom is -0.375 e. The van der Waals surface area contributed by atoms with Gasteiger partial charge in [-0.2, -0.15) is 0 Å². The van der Waals surface area contributed by atoms with Crippen molar-refractivity contribution in [1.82, 2.24) is 4.98 Å². The number of anilines is 1. The fourth-order valence-corrected chi connectivity index (χ4v) is 3.58. The van der Waals surface area contributed by atoms with E-state index in [0.717, 1.165) is 28.1 Å². The summed E-state index contributed by atoms with van der Waals surface area (Å²) in [6, 6.07) is 3.40. The topological polar surface area (TPSA) is 38.9 Å². The van der Waals surface area contributed by atoms with E-state index in [9.17, 15) is 4.39 Å². The van der Waals surface area contributed by atoms with Gasteiger partial charge in [-0.1, -0.05) is 20.8 Å². The van der Waals surface area contributed by atoms with E-state index in [2.05, 4.69) is 41.7 Å². The zero-order valence-electron chi connectivity index (χ0n) is 12.1. The number of halogens is 2. The fraction of sp³-hybridized carbons (Fsp3) is 0.400. The van der Waals surface area contributed by atoms with Gasteiger partial charge in [0.05, 0.1) is 10.2 Å². The molecule has 0 aliphatic rings. The van der Waals surface area contributed by atoms with Crippen LogP contribution in [-0.2, 0) is 11.8 Å². The highest BCUT2D eigenvalue weighted by atomic mass is 79.9. The van der Waals surface area contributed by atoms with Crippen LogP contribution in [0, 0.1) is 12.7 Å². The van der Waals surface area contributed by atoms with E-state index in [1.165, 1.54) is 11.3 Å². The normalized spacial score (nSPS) is 11.9. The number of rotatable bonds is 2. The molecule has 0 spiro atoms. The lowest BCUT2D eigenvalue weighted by Crippen LogP contribution is -2.14. The first-order chi connectivity index (χ1) is 9.18. The number of nitrogen functional groups attached to an aromatic ring is 1. The molecule has 0 atom stereocenters. The largest absolute Gasteiger partial charge is 0.375 e. The summed E-state index contributed by atoms with van der Waals surface area (Å²) in [5.41, 5.74) is 8.87. The number of thiazole rings is 1. The Bertz CT molecular complexity index is 644. The molecule has 5 heteroatoms. The molecule has 0 unspecified atom stereocenters. The third-order valence-corrected chi connectivity index (χ3v) is 4.65. The van der Waals surface area contributed by atoms with Gasteiger partial charge in [-0.15, -0.1) is 11.3 Å². The molecule has 0 saturated carbocycles. The van der Waals surface area contributed by atoms with Crippen LogP contribution in [0.15, 0.2) is 16.6 Å². The lowest BCUT2D eigenvalue weighted by atomic mass is 9.89. The molecule has 0 amide bonds. The number of aromatic nitrogens is 1. The maximum absolute atomic E-state index is 13.5. The smallest absolute Gasteiger partial charge is 0.180 e. The molecule has 0 radical (unpaired) electrons. The summed E-state index contributed by atoms with van der Waals surface area (Å²) < 4.78 is 14.0. The van der Waals surface area contributed by atoms with E-state index in [4.69, 9.17) is 5.73 Å². The second-order valence-electron chi connectivity index (χ2n) is 5.94. The summed E-state index contributed by atoms with van der Waals surface area (Å²) >= 11 is 4.76. The molecule has 0 bridgehead atoms. The van der Waals surface area contributed by atoms with Crippen molar-refractivity contribution in [2.75, 3.05) is 5.73 Å². The van der Waals surface area contributed by atoms with Gasteiger partial charge < -0.3 is 5.73 Å². The van der Waals surface area contributed by atoms with Crippen molar-refractivity contribution in [3.8, 4) is 0 Å². The first kappa shape index (κ1) is 15.4. The van der Waals surface area contributed by atoms with Gasteiger partial charge in [0.2, 0.25) is 0 Å². The molecule has 0 aliphatic heterocycles. The van der Waals surface area contributed by atoms with Crippen LogP contribution in [0.25, 0.3) is 0 Å². The van der Waals surface area contributed by atoms with Crippen LogP contribution < -0.4 is 5.73 Å². The monoisotopic (exact) mass is 356 g/mol. The first-order valence-corrected chi connectivity index (χ1v) is 7.99. The van der Waals surface area contributed by atoms with Crippen LogP contribution in [0.3, 0.4) is 0 Å². The number of benzene rings is 1. The number of nitrogens with zero attached hydrogens (tertiary/aromatic N) is 1. The second-order valence-corrected chi connectivity index (χ2v) is 7.91. The van der Waals surface area contributed by atoms with Crippen LogP contribution in [0.4, 0.5) is 9.52 Å². The standard InChI is InChI=1S/C15H18BrFN2S/c1-8-5-11(17)10(16)6-9(8)7-12-13(15(2,3)4)19-14(18)20-12/h5-6H,7H2,1-4H3,(H2,18,19). The highest BCUT2D eigenvalue weighted by Crippen LogP contribution is 2.33. The van der Waals surface area contributed by atoms with Gasteiger partial charge >= 0.3 is 0 Å². The first-order valence-electron chi connectivity index (χ1n) is 6.38. The van der Waals surface area contributed by atoms with E-state index >= 15 is 0 Å². The summed E-state index contributed by atoms with van der Waals surface area (Å²) in [5.74, 6) is -0.230. The van der Waals surface area contributed by atoms with Crippen LogP contribution in [0.5, 0.6) is 0 Å². The van der Waals surface area contributed by atoms with Gasteiger partial charge in [0.25, 0.3) is 0 Å². The summed E-state index contributed by atoms with van der Waals surface area (Å²) in [7, 11) is 0. The van der Waals surface area contributed by atoms with Gasteiger partial charge in [0, 0.05) is 16.7 Å². The maximum atomic E-state index is 13.5. The molecule has 0 aliphatic carbocycles. The molecule has 20 heavy (non-hydrogen) atoms.